The van der Waals surface area contributed by atoms with E-state index in [9.17, 15) is 9.59 Å². The van der Waals surface area contributed by atoms with E-state index in [0.29, 0.717) is 19.3 Å². The Kier molecular flexibility index (Phi) is 2.81. The van der Waals surface area contributed by atoms with Crippen molar-refractivity contribution in [1.29, 1.82) is 0 Å². The fourth-order valence-corrected chi connectivity index (χ4v) is 2.73. The van der Waals surface area contributed by atoms with Gasteiger partial charge < -0.3 is 5.73 Å². The van der Waals surface area contributed by atoms with E-state index in [4.69, 9.17) is 5.73 Å². The van der Waals surface area contributed by atoms with E-state index < -0.39 is 0 Å². The molecule has 0 saturated heterocycles. The first-order chi connectivity index (χ1) is 7.16. The van der Waals surface area contributed by atoms with Crippen molar-refractivity contribution in [2.24, 2.45) is 5.73 Å². The van der Waals surface area contributed by atoms with Crippen LogP contribution in [0.15, 0.2) is 0 Å². The number of hydrogen-bond acceptors (Lipinski definition) is 4. The van der Waals surface area contributed by atoms with Crippen molar-refractivity contribution in [2.75, 3.05) is 0 Å². The van der Waals surface area contributed by atoms with Crippen LogP contribution < -0.4 is 5.73 Å². The van der Waals surface area contributed by atoms with Crippen LogP contribution in [0.4, 0.5) is 0 Å². The van der Waals surface area contributed by atoms with E-state index in [-0.39, 0.29) is 11.7 Å². The molecule has 1 aromatic rings. The molecule has 0 bridgehead atoms. The lowest BCUT2D eigenvalue weighted by molar-refractivity contribution is -0.117. The van der Waals surface area contributed by atoms with E-state index in [2.05, 4.69) is 4.98 Å². The molecule has 1 heterocycles. The Morgan fingerprint density at radius 1 is 1.47 bits per heavy atom. The number of thiazole rings is 1. The van der Waals surface area contributed by atoms with Crippen molar-refractivity contribution in [3.63, 3.8) is 0 Å². The maximum absolute atomic E-state index is 11.5. The third kappa shape index (κ3) is 2.23. The van der Waals surface area contributed by atoms with Crippen LogP contribution in [0.1, 0.15) is 39.6 Å². The Labute approximate surface area is 91.5 Å². The summed E-state index contributed by atoms with van der Waals surface area (Å²) in [6.07, 6.45) is 3.27. The first kappa shape index (κ1) is 10.3. The number of hydrogen-bond donors (Lipinski definition) is 1. The average molecular weight is 224 g/mol. The summed E-state index contributed by atoms with van der Waals surface area (Å²) in [6, 6.07) is 0. The second-order valence-electron chi connectivity index (χ2n) is 3.63. The number of aromatic nitrogens is 1. The van der Waals surface area contributed by atoms with Crippen molar-refractivity contribution in [3.8, 4) is 0 Å². The zero-order valence-corrected chi connectivity index (χ0v) is 9.10. The van der Waals surface area contributed by atoms with Gasteiger partial charge in [0.1, 0.15) is 0 Å². The minimum absolute atomic E-state index is 0.194. The second kappa shape index (κ2) is 4.10. The molecule has 1 aliphatic carbocycles. The third-order valence-corrected chi connectivity index (χ3v) is 3.60. The summed E-state index contributed by atoms with van der Waals surface area (Å²) in [4.78, 5) is 27.3. The van der Waals surface area contributed by atoms with Crippen molar-refractivity contribution in [2.45, 2.75) is 32.1 Å². The molecule has 2 N–H and O–H groups in total. The molecule has 2 rings (SSSR count). The minimum Gasteiger partial charge on any atom is -0.370 e. The number of rotatable bonds is 3. The van der Waals surface area contributed by atoms with Gasteiger partial charge in [-0.05, 0) is 12.8 Å². The van der Waals surface area contributed by atoms with Crippen molar-refractivity contribution < 1.29 is 9.59 Å². The molecule has 5 heteroatoms. The van der Waals surface area contributed by atoms with E-state index in [1.54, 1.807) is 0 Å². The Morgan fingerprint density at radius 3 is 2.93 bits per heavy atom. The highest BCUT2D eigenvalue weighted by Gasteiger charge is 2.21. The molecule has 1 aliphatic rings. The van der Waals surface area contributed by atoms with Crippen LogP contribution in [0.3, 0.4) is 0 Å². The van der Waals surface area contributed by atoms with Gasteiger partial charge in [-0.2, -0.15) is 0 Å². The number of nitrogens with zero attached hydrogens (tertiary/aromatic N) is 1. The third-order valence-electron chi connectivity index (χ3n) is 2.40. The number of aryl methyl sites for hydroxylation is 2. The van der Waals surface area contributed by atoms with E-state index in [1.165, 1.54) is 11.3 Å². The molecule has 0 aliphatic heterocycles. The largest absolute Gasteiger partial charge is 0.370 e. The number of fused-ring (bicyclic) bond motifs is 1. The smallest absolute Gasteiger partial charge is 0.217 e. The predicted molar refractivity (Wildman–Crippen MR) is 56.9 cm³/mol. The zero-order valence-electron chi connectivity index (χ0n) is 8.28. The number of amides is 1. The van der Waals surface area contributed by atoms with Gasteiger partial charge in [-0.15, -0.1) is 11.3 Å². The van der Waals surface area contributed by atoms with Crippen molar-refractivity contribution >= 4 is 23.0 Å². The molecule has 1 aromatic heterocycles. The lowest BCUT2D eigenvalue weighted by atomic mass is 10.0. The highest BCUT2D eigenvalue weighted by Crippen LogP contribution is 2.27. The van der Waals surface area contributed by atoms with Crippen LogP contribution in [-0.2, 0) is 17.6 Å². The molecule has 0 spiro atoms. The van der Waals surface area contributed by atoms with Gasteiger partial charge in [-0.3, -0.25) is 9.59 Å². The quantitative estimate of drug-likeness (QED) is 0.835. The van der Waals surface area contributed by atoms with Crippen LogP contribution in [0.2, 0.25) is 0 Å². The minimum atomic E-state index is -0.325. The highest BCUT2D eigenvalue weighted by atomic mass is 32.1. The number of ketones is 1. The maximum atomic E-state index is 11.5. The normalized spacial score (nSPS) is 15.1. The number of carbonyl (C=O) groups is 2. The molecular weight excluding hydrogens is 212 g/mol. The zero-order chi connectivity index (χ0) is 10.8. The Bertz CT molecular complexity index is 412. The molecular formula is C10H12N2O2S. The van der Waals surface area contributed by atoms with Gasteiger partial charge in [0.15, 0.2) is 5.78 Å². The summed E-state index contributed by atoms with van der Waals surface area (Å²) in [5.41, 5.74) is 5.97. The summed E-state index contributed by atoms with van der Waals surface area (Å²) in [5, 5.41) is 0.856. The fraction of sp³-hybridized carbons (Fsp3) is 0.500. The topological polar surface area (TPSA) is 73.1 Å². The van der Waals surface area contributed by atoms with E-state index in [0.717, 1.165) is 28.4 Å². The van der Waals surface area contributed by atoms with E-state index >= 15 is 0 Å². The van der Waals surface area contributed by atoms with Crippen LogP contribution in [-0.4, -0.2) is 16.7 Å². The molecule has 0 unspecified atom stereocenters. The standard InChI is InChI=1S/C10H12N2O2S/c11-8(14)4-5-9-12-6-2-1-3-7(13)10(6)15-9/h1-5H2,(H2,11,14). The van der Waals surface area contributed by atoms with Crippen LogP contribution >= 0.6 is 11.3 Å². The molecule has 1 amide bonds. The highest BCUT2D eigenvalue weighted by molar-refractivity contribution is 7.13. The SMILES string of the molecule is NC(=O)CCc1nc2c(s1)C(=O)CCC2. The van der Waals surface area contributed by atoms with Gasteiger partial charge in [-0.25, -0.2) is 4.98 Å². The van der Waals surface area contributed by atoms with Gasteiger partial charge in [0, 0.05) is 19.3 Å². The number of primary amides is 1. The average Bonchev–Trinajstić information content (AvgIpc) is 2.59. The summed E-state index contributed by atoms with van der Waals surface area (Å²) in [7, 11) is 0. The number of nitrogens with two attached hydrogens (primary N) is 1. The summed E-state index contributed by atoms with van der Waals surface area (Å²) >= 11 is 1.42. The number of Topliss-reactive ketones (excluding diaryl/α,β-unsaturated/α-hetero) is 1. The van der Waals surface area contributed by atoms with Crippen LogP contribution in [0.5, 0.6) is 0 Å². The molecule has 0 saturated carbocycles. The molecule has 0 aromatic carbocycles. The van der Waals surface area contributed by atoms with E-state index in [1.807, 2.05) is 0 Å². The lowest BCUT2D eigenvalue weighted by Gasteiger charge is -2.06. The Morgan fingerprint density at radius 2 is 2.27 bits per heavy atom. The fourth-order valence-electron chi connectivity index (χ4n) is 1.66. The van der Waals surface area contributed by atoms with Crippen molar-refractivity contribution in [1.82, 2.24) is 4.98 Å². The first-order valence-electron chi connectivity index (χ1n) is 4.97. The van der Waals surface area contributed by atoms with Crippen molar-refractivity contribution in [3.05, 3.63) is 15.6 Å². The lowest BCUT2D eigenvalue weighted by Crippen LogP contribution is -2.11. The molecule has 15 heavy (non-hydrogen) atoms. The van der Waals surface area contributed by atoms with Gasteiger partial charge in [0.2, 0.25) is 5.91 Å². The van der Waals surface area contributed by atoms with Gasteiger partial charge in [-0.1, -0.05) is 0 Å². The molecule has 0 atom stereocenters. The summed E-state index contributed by atoms with van der Waals surface area (Å²) in [6.45, 7) is 0. The monoisotopic (exact) mass is 224 g/mol. The first-order valence-corrected chi connectivity index (χ1v) is 5.78. The molecule has 80 valence electrons. The van der Waals surface area contributed by atoms with Crippen LogP contribution in [0, 0.1) is 0 Å². The molecule has 0 radical (unpaired) electrons. The molecule has 0 fully saturated rings. The summed E-state index contributed by atoms with van der Waals surface area (Å²) in [5.74, 6) is -0.131. The summed E-state index contributed by atoms with van der Waals surface area (Å²) < 4.78 is 0. The second-order valence-corrected chi connectivity index (χ2v) is 4.71. The maximum Gasteiger partial charge on any atom is 0.217 e. The predicted octanol–water partition coefficient (Wildman–Crippen LogP) is 1.08. The molecule has 4 nitrogen and oxygen atoms in total. The number of carbonyl (C=O) groups excluding carboxylic acids is 2. The Hall–Kier alpha value is -1.23. The van der Waals surface area contributed by atoms with Gasteiger partial charge in [0.25, 0.3) is 0 Å². The van der Waals surface area contributed by atoms with Gasteiger partial charge >= 0.3 is 0 Å². The van der Waals surface area contributed by atoms with Crippen LogP contribution in [0.25, 0.3) is 0 Å². The van der Waals surface area contributed by atoms with Gasteiger partial charge in [0.05, 0.1) is 15.6 Å². The Balaban J connectivity index is 2.14.